The molecule has 0 heterocycles. The van der Waals surface area contributed by atoms with Crippen LogP contribution in [-0.2, 0) is 0 Å². The van der Waals surface area contributed by atoms with Crippen LogP contribution in [0.25, 0.3) is 0 Å². The van der Waals surface area contributed by atoms with Crippen LogP contribution in [0.1, 0.15) is 44.8 Å². The van der Waals surface area contributed by atoms with E-state index < -0.39 is 6.10 Å². The van der Waals surface area contributed by atoms with E-state index in [9.17, 15) is 5.11 Å². The molecule has 1 unspecified atom stereocenters. The standard InChI is InChI=1S/C13H19ClOS/c1-3-4-5-8-16-11-6-7-12(10(2)15)13(14)9-11/h6-7,9-10,15H,3-5,8H2,1-2H3. The summed E-state index contributed by atoms with van der Waals surface area (Å²) in [6.45, 7) is 3.94. The molecule has 1 aromatic rings. The highest BCUT2D eigenvalue weighted by Crippen LogP contribution is 2.28. The van der Waals surface area contributed by atoms with E-state index in [4.69, 9.17) is 11.6 Å². The van der Waals surface area contributed by atoms with Gasteiger partial charge in [0.2, 0.25) is 0 Å². The van der Waals surface area contributed by atoms with Crippen LogP contribution in [0.3, 0.4) is 0 Å². The Bertz CT molecular complexity index is 326. The van der Waals surface area contributed by atoms with Gasteiger partial charge in [0, 0.05) is 9.92 Å². The maximum absolute atomic E-state index is 9.45. The summed E-state index contributed by atoms with van der Waals surface area (Å²) in [5.41, 5.74) is 0.805. The highest BCUT2D eigenvalue weighted by molar-refractivity contribution is 7.99. The predicted octanol–water partition coefficient (Wildman–Crippen LogP) is 4.68. The fourth-order valence-electron chi connectivity index (χ4n) is 1.48. The topological polar surface area (TPSA) is 20.2 Å². The second-order valence-corrected chi connectivity index (χ2v) is 5.49. The molecular weight excluding hydrogens is 240 g/mol. The van der Waals surface area contributed by atoms with Crippen molar-refractivity contribution < 1.29 is 5.11 Å². The third kappa shape index (κ3) is 4.36. The summed E-state index contributed by atoms with van der Waals surface area (Å²) in [5, 5.41) is 10.1. The monoisotopic (exact) mass is 258 g/mol. The van der Waals surface area contributed by atoms with Gasteiger partial charge in [-0.15, -0.1) is 11.8 Å². The maximum atomic E-state index is 9.45. The second-order valence-electron chi connectivity index (χ2n) is 3.91. The van der Waals surface area contributed by atoms with E-state index in [0.717, 1.165) is 11.3 Å². The summed E-state index contributed by atoms with van der Waals surface area (Å²) in [5.74, 6) is 1.14. The smallest absolute Gasteiger partial charge is 0.0776 e. The number of rotatable bonds is 6. The Balaban J connectivity index is 2.53. The molecular formula is C13H19ClOS. The molecule has 0 aliphatic heterocycles. The van der Waals surface area contributed by atoms with Gasteiger partial charge in [-0.3, -0.25) is 0 Å². The van der Waals surface area contributed by atoms with Crippen molar-refractivity contribution >= 4 is 23.4 Å². The van der Waals surface area contributed by atoms with Gasteiger partial charge in [-0.2, -0.15) is 0 Å². The minimum Gasteiger partial charge on any atom is -0.389 e. The Hall–Kier alpha value is -0.180. The Labute approximate surface area is 107 Å². The first kappa shape index (κ1) is 13.9. The molecule has 1 N–H and O–H groups in total. The Morgan fingerprint density at radius 2 is 2.12 bits per heavy atom. The van der Waals surface area contributed by atoms with Gasteiger partial charge in [0.05, 0.1) is 6.10 Å². The summed E-state index contributed by atoms with van der Waals surface area (Å²) < 4.78 is 0. The van der Waals surface area contributed by atoms with Gasteiger partial charge in [-0.25, -0.2) is 0 Å². The van der Waals surface area contributed by atoms with Crippen molar-refractivity contribution in [1.82, 2.24) is 0 Å². The molecule has 1 atom stereocenters. The zero-order valence-electron chi connectivity index (χ0n) is 9.87. The number of unbranched alkanes of at least 4 members (excludes halogenated alkanes) is 2. The third-order valence-corrected chi connectivity index (χ3v) is 3.85. The van der Waals surface area contributed by atoms with E-state index in [1.807, 2.05) is 30.0 Å². The van der Waals surface area contributed by atoms with Crippen LogP contribution in [0.5, 0.6) is 0 Å². The van der Waals surface area contributed by atoms with Crippen LogP contribution < -0.4 is 0 Å². The zero-order valence-corrected chi connectivity index (χ0v) is 11.4. The van der Waals surface area contributed by atoms with E-state index in [2.05, 4.69) is 6.92 Å². The molecule has 16 heavy (non-hydrogen) atoms. The Morgan fingerprint density at radius 3 is 2.69 bits per heavy atom. The molecule has 1 rings (SSSR count). The van der Waals surface area contributed by atoms with E-state index >= 15 is 0 Å². The van der Waals surface area contributed by atoms with E-state index in [-0.39, 0.29) is 0 Å². The normalized spacial score (nSPS) is 12.8. The van der Waals surface area contributed by atoms with Gasteiger partial charge in [0.1, 0.15) is 0 Å². The van der Waals surface area contributed by atoms with E-state index in [1.165, 1.54) is 24.2 Å². The molecule has 0 aromatic heterocycles. The van der Waals surface area contributed by atoms with Gasteiger partial charge in [0.25, 0.3) is 0 Å². The largest absolute Gasteiger partial charge is 0.389 e. The minimum atomic E-state index is -0.494. The number of aliphatic hydroxyl groups is 1. The molecule has 1 aromatic carbocycles. The first-order valence-corrected chi connectivity index (χ1v) is 7.11. The highest BCUT2D eigenvalue weighted by Gasteiger charge is 2.06. The van der Waals surface area contributed by atoms with Crippen molar-refractivity contribution in [3.05, 3.63) is 28.8 Å². The number of hydrogen-bond donors (Lipinski definition) is 1. The molecule has 90 valence electrons. The van der Waals surface area contributed by atoms with Crippen LogP contribution in [0.2, 0.25) is 5.02 Å². The van der Waals surface area contributed by atoms with Crippen LogP contribution >= 0.6 is 23.4 Å². The summed E-state index contributed by atoms with van der Waals surface area (Å²) in [6.07, 6.45) is 3.29. The predicted molar refractivity (Wildman–Crippen MR) is 72.3 cm³/mol. The minimum absolute atomic E-state index is 0.494. The van der Waals surface area contributed by atoms with Crippen molar-refractivity contribution in [2.24, 2.45) is 0 Å². The van der Waals surface area contributed by atoms with Crippen LogP contribution in [0.4, 0.5) is 0 Å². The Morgan fingerprint density at radius 1 is 1.38 bits per heavy atom. The molecule has 0 aliphatic carbocycles. The molecule has 3 heteroatoms. The van der Waals surface area contributed by atoms with Crippen molar-refractivity contribution in [3.8, 4) is 0 Å². The van der Waals surface area contributed by atoms with Gasteiger partial charge in [-0.05, 0) is 36.8 Å². The second kappa shape index (κ2) is 7.21. The highest BCUT2D eigenvalue weighted by atomic mass is 35.5. The quantitative estimate of drug-likeness (QED) is 0.591. The summed E-state index contributed by atoms with van der Waals surface area (Å²) in [6, 6.07) is 5.89. The SMILES string of the molecule is CCCCCSc1ccc(C(C)O)c(Cl)c1. The first-order chi connectivity index (χ1) is 7.65. The zero-order chi connectivity index (χ0) is 12.0. The Kier molecular flexibility index (Phi) is 6.25. The summed E-state index contributed by atoms with van der Waals surface area (Å²) >= 11 is 7.92. The molecule has 0 saturated carbocycles. The lowest BCUT2D eigenvalue weighted by Crippen LogP contribution is -1.92. The lowest BCUT2D eigenvalue weighted by molar-refractivity contribution is 0.199. The maximum Gasteiger partial charge on any atom is 0.0776 e. The average molecular weight is 259 g/mol. The molecule has 0 amide bonds. The summed E-state index contributed by atoms with van der Waals surface area (Å²) in [4.78, 5) is 1.19. The average Bonchev–Trinajstić information content (AvgIpc) is 2.24. The molecule has 0 fully saturated rings. The van der Waals surface area contributed by atoms with Gasteiger partial charge in [0.15, 0.2) is 0 Å². The lowest BCUT2D eigenvalue weighted by Gasteiger charge is -2.09. The van der Waals surface area contributed by atoms with Crippen molar-refractivity contribution in [3.63, 3.8) is 0 Å². The lowest BCUT2D eigenvalue weighted by atomic mass is 10.1. The van der Waals surface area contributed by atoms with Crippen LogP contribution in [0, 0.1) is 0 Å². The number of benzene rings is 1. The van der Waals surface area contributed by atoms with Crippen molar-refractivity contribution in [2.75, 3.05) is 5.75 Å². The molecule has 0 saturated heterocycles. The van der Waals surface area contributed by atoms with E-state index in [0.29, 0.717) is 5.02 Å². The fraction of sp³-hybridized carbons (Fsp3) is 0.538. The third-order valence-electron chi connectivity index (χ3n) is 2.44. The van der Waals surface area contributed by atoms with E-state index in [1.54, 1.807) is 6.92 Å². The van der Waals surface area contributed by atoms with Gasteiger partial charge in [-0.1, -0.05) is 37.4 Å². The first-order valence-electron chi connectivity index (χ1n) is 5.75. The molecule has 0 aliphatic rings. The van der Waals surface area contributed by atoms with Gasteiger partial charge >= 0.3 is 0 Å². The van der Waals surface area contributed by atoms with Crippen LogP contribution in [-0.4, -0.2) is 10.9 Å². The number of halogens is 1. The number of hydrogen-bond acceptors (Lipinski definition) is 2. The molecule has 0 spiro atoms. The van der Waals surface area contributed by atoms with Gasteiger partial charge < -0.3 is 5.11 Å². The molecule has 1 nitrogen and oxygen atoms in total. The summed E-state index contributed by atoms with van der Waals surface area (Å²) in [7, 11) is 0. The molecule has 0 radical (unpaired) electrons. The number of aliphatic hydroxyl groups excluding tert-OH is 1. The van der Waals surface area contributed by atoms with Crippen LogP contribution in [0.15, 0.2) is 23.1 Å². The van der Waals surface area contributed by atoms with Crippen molar-refractivity contribution in [1.29, 1.82) is 0 Å². The molecule has 0 bridgehead atoms. The fourth-order valence-corrected chi connectivity index (χ4v) is 2.83. The number of thioether (sulfide) groups is 1. The van der Waals surface area contributed by atoms with Crippen molar-refractivity contribution in [2.45, 2.75) is 44.1 Å².